The molecule has 1 aromatic carbocycles. The van der Waals surface area contributed by atoms with Gasteiger partial charge in [0.05, 0.1) is 6.04 Å². The Bertz CT molecular complexity index is 429. The van der Waals surface area contributed by atoms with Crippen molar-refractivity contribution < 1.29 is 14.3 Å². The van der Waals surface area contributed by atoms with Crippen LogP contribution in [0.3, 0.4) is 0 Å². The topological polar surface area (TPSA) is 49.3 Å². The molecule has 0 radical (unpaired) electrons. The standard InChI is InChI=1S/C16H22FNO2/c17-16(10-5-2-6-11-16)15(20)18-14(9-12-19)13-7-3-1-4-8-13/h1,3-4,7-8,14,19H,2,5-6,9-12H2,(H,18,20). The van der Waals surface area contributed by atoms with E-state index in [0.717, 1.165) is 24.8 Å². The second-order valence-corrected chi connectivity index (χ2v) is 5.47. The van der Waals surface area contributed by atoms with Crippen LogP contribution < -0.4 is 5.32 Å². The van der Waals surface area contributed by atoms with Gasteiger partial charge in [0.1, 0.15) is 0 Å². The summed E-state index contributed by atoms with van der Waals surface area (Å²) >= 11 is 0. The molecule has 1 atom stereocenters. The molecular weight excluding hydrogens is 257 g/mol. The van der Waals surface area contributed by atoms with Crippen LogP contribution in [0.15, 0.2) is 30.3 Å². The van der Waals surface area contributed by atoms with E-state index in [4.69, 9.17) is 5.11 Å². The van der Waals surface area contributed by atoms with E-state index in [-0.39, 0.29) is 12.6 Å². The van der Waals surface area contributed by atoms with Crippen molar-refractivity contribution in [1.29, 1.82) is 0 Å². The summed E-state index contributed by atoms with van der Waals surface area (Å²) in [6.07, 6.45) is 3.53. The molecule has 1 unspecified atom stereocenters. The van der Waals surface area contributed by atoms with Crippen molar-refractivity contribution in [3.05, 3.63) is 35.9 Å². The first-order chi connectivity index (χ1) is 9.65. The molecule has 0 spiro atoms. The fraction of sp³-hybridized carbons (Fsp3) is 0.562. The smallest absolute Gasteiger partial charge is 0.258 e. The van der Waals surface area contributed by atoms with Crippen LogP contribution in [0, 0.1) is 0 Å². The van der Waals surface area contributed by atoms with Crippen LogP contribution >= 0.6 is 0 Å². The minimum Gasteiger partial charge on any atom is -0.396 e. The van der Waals surface area contributed by atoms with Gasteiger partial charge in [0.2, 0.25) is 0 Å². The zero-order valence-corrected chi connectivity index (χ0v) is 11.6. The van der Waals surface area contributed by atoms with Crippen LogP contribution in [0.1, 0.15) is 50.1 Å². The Morgan fingerprint density at radius 3 is 2.50 bits per heavy atom. The summed E-state index contributed by atoms with van der Waals surface area (Å²) in [7, 11) is 0. The van der Waals surface area contributed by atoms with Crippen molar-refractivity contribution in [2.45, 2.75) is 50.2 Å². The summed E-state index contributed by atoms with van der Waals surface area (Å²) in [6, 6.07) is 9.07. The van der Waals surface area contributed by atoms with Crippen LogP contribution in [-0.4, -0.2) is 23.3 Å². The molecule has 1 aliphatic carbocycles. The Morgan fingerprint density at radius 2 is 1.90 bits per heavy atom. The third-order valence-electron chi connectivity index (χ3n) is 3.98. The quantitative estimate of drug-likeness (QED) is 0.870. The molecule has 0 aromatic heterocycles. The number of halogens is 1. The first-order valence-corrected chi connectivity index (χ1v) is 7.31. The van der Waals surface area contributed by atoms with Gasteiger partial charge in [-0.25, -0.2) is 4.39 Å². The number of carbonyl (C=O) groups excluding carboxylic acids is 1. The van der Waals surface area contributed by atoms with Gasteiger partial charge in [-0.05, 0) is 37.7 Å². The van der Waals surface area contributed by atoms with E-state index in [1.807, 2.05) is 30.3 Å². The Morgan fingerprint density at radius 1 is 1.25 bits per heavy atom. The molecule has 1 aliphatic rings. The summed E-state index contributed by atoms with van der Waals surface area (Å²) in [4.78, 5) is 12.2. The molecule has 1 amide bonds. The van der Waals surface area contributed by atoms with Crippen molar-refractivity contribution in [3.63, 3.8) is 0 Å². The monoisotopic (exact) mass is 279 g/mol. The van der Waals surface area contributed by atoms with Gasteiger partial charge in [-0.15, -0.1) is 0 Å². The lowest BCUT2D eigenvalue weighted by atomic mass is 9.85. The van der Waals surface area contributed by atoms with Gasteiger partial charge in [-0.1, -0.05) is 36.8 Å². The number of carbonyl (C=O) groups is 1. The highest BCUT2D eigenvalue weighted by molar-refractivity contribution is 5.85. The predicted molar refractivity (Wildman–Crippen MR) is 76.0 cm³/mol. The van der Waals surface area contributed by atoms with Crippen molar-refractivity contribution in [1.82, 2.24) is 5.32 Å². The molecule has 110 valence electrons. The van der Waals surface area contributed by atoms with E-state index < -0.39 is 11.6 Å². The summed E-state index contributed by atoms with van der Waals surface area (Å²) in [5, 5.41) is 11.9. The molecule has 20 heavy (non-hydrogen) atoms. The second-order valence-electron chi connectivity index (χ2n) is 5.47. The molecule has 0 aliphatic heterocycles. The van der Waals surface area contributed by atoms with E-state index in [9.17, 15) is 9.18 Å². The minimum absolute atomic E-state index is 0.0425. The third kappa shape index (κ3) is 3.57. The van der Waals surface area contributed by atoms with Crippen molar-refractivity contribution in [2.75, 3.05) is 6.61 Å². The highest BCUT2D eigenvalue weighted by Gasteiger charge is 2.40. The van der Waals surface area contributed by atoms with Crippen molar-refractivity contribution in [2.24, 2.45) is 0 Å². The fourth-order valence-electron chi connectivity index (χ4n) is 2.76. The molecule has 1 fully saturated rings. The molecule has 0 saturated heterocycles. The average molecular weight is 279 g/mol. The van der Waals surface area contributed by atoms with Gasteiger partial charge in [0.15, 0.2) is 5.67 Å². The Labute approximate surface area is 119 Å². The van der Waals surface area contributed by atoms with Crippen molar-refractivity contribution in [3.8, 4) is 0 Å². The molecule has 4 heteroatoms. The van der Waals surface area contributed by atoms with Crippen LogP contribution in [-0.2, 0) is 4.79 Å². The number of benzene rings is 1. The SMILES string of the molecule is O=C(NC(CCO)c1ccccc1)C1(F)CCCCC1. The number of hydrogen-bond donors (Lipinski definition) is 2. The maximum Gasteiger partial charge on any atom is 0.258 e. The highest BCUT2D eigenvalue weighted by Crippen LogP contribution is 2.32. The van der Waals surface area contributed by atoms with Crippen LogP contribution in [0.4, 0.5) is 4.39 Å². The number of alkyl halides is 1. The second kappa shape index (κ2) is 6.84. The molecule has 1 aromatic rings. The molecule has 1 saturated carbocycles. The third-order valence-corrected chi connectivity index (χ3v) is 3.98. The van der Waals surface area contributed by atoms with E-state index in [1.54, 1.807) is 0 Å². The number of aliphatic hydroxyl groups excluding tert-OH is 1. The molecule has 2 N–H and O–H groups in total. The zero-order chi connectivity index (χ0) is 14.4. The van der Waals surface area contributed by atoms with E-state index >= 15 is 0 Å². The maximum absolute atomic E-state index is 14.6. The van der Waals surface area contributed by atoms with E-state index in [1.165, 1.54) is 0 Å². The summed E-state index contributed by atoms with van der Waals surface area (Å²) in [5.41, 5.74) is -0.838. The Hall–Kier alpha value is -1.42. The number of rotatable bonds is 5. The number of amides is 1. The normalized spacial score (nSPS) is 19.3. The zero-order valence-electron chi connectivity index (χ0n) is 11.6. The minimum atomic E-state index is -1.74. The van der Waals surface area contributed by atoms with E-state index in [2.05, 4.69) is 5.32 Å². The van der Waals surface area contributed by atoms with Crippen molar-refractivity contribution >= 4 is 5.91 Å². The van der Waals surface area contributed by atoms with Gasteiger partial charge < -0.3 is 10.4 Å². The Kier molecular flexibility index (Phi) is 5.12. The predicted octanol–water partition coefficient (Wildman–Crippen LogP) is 2.90. The molecule has 2 rings (SSSR count). The lowest BCUT2D eigenvalue weighted by Gasteiger charge is -2.30. The summed E-state index contributed by atoms with van der Waals surface area (Å²) in [5.74, 6) is -0.528. The summed E-state index contributed by atoms with van der Waals surface area (Å²) < 4.78 is 14.6. The number of hydrogen-bond acceptors (Lipinski definition) is 2. The van der Waals surface area contributed by atoms with Gasteiger partial charge in [-0.2, -0.15) is 0 Å². The Balaban J connectivity index is 2.06. The lowest BCUT2D eigenvalue weighted by Crippen LogP contribution is -2.46. The van der Waals surface area contributed by atoms with Gasteiger partial charge in [-0.3, -0.25) is 4.79 Å². The first-order valence-electron chi connectivity index (χ1n) is 7.31. The van der Waals surface area contributed by atoms with Gasteiger partial charge in [0, 0.05) is 6.61 Å². The van der Waals surface area contributed by atoms with Gasteiger partial charge in [0.25, 0.3) is 5.91 Å². The highest BCUT2D eigenvalue weighted by atomic mass is 19.1. The molecule has 0 heterocycles. The number of aliphatic hydroxyl groups is 1. The molecule has 0 bridgehead atoms. The molecular formula is C16H22FNO2. The van der Waals surface area contributed by atoms with Crippen LogP contribution in [0.2, 0.25) is 0 Å². The van der Waals surface area contributed by atoms with Gasteiger partial charge >= 0.3 is 0 Å². The lowest BCUT2D eigenvalue weighted by molar-refractivity contribution is -0.135. The maximum atomic E-state index is 14.6. The fourth-order valence-corrected chi connectivity index (χ4v) is 2.76. The largest absolute Gasteiger partial charge is 0.396 e. The average Bonchev–Trinajstić information content (AvgIpc) is 2.48. The van der Waals surface area contributed by atoms with Crippen LogP contribution in [0.5, 0.6) is 0 Å². The van der Waals surface area contributed by atoms with E-state index in [0.29, 0.717) is 19.3 Å². The number of nitrogens with one attached hydrogen (secondary N) is 1. The summed E-state index contributed by atoms with van der Waals surface area (Å²) in [6.45, 7) is -0.0425. The molecule has 3 nitrogen and oxygen atoms in total. The van der Waals surface area contributed by atoms with Crippen LogP contribution in [0.25, 0.3) is 0 Å². The first kappa shape index (κ1) is 15.0.